The van der Waals surface area contributed by atoms with Crippen LogP contribution in [-0.4, -0.2) is 26.8 Å². The quantitative estimate of drug-likeness (QED) is 0.726. The maximum absolute atomic E-state index is 10.9. The molecule has 1 fully saturated rings. The molecule has 1 aliphatic carbocycles. The molecule has 0 aromatic rings. The van der Waals surface area contributed by atoms with Gasteiger partial charge in [-0.1, -0.05) is 27.2 Å². The predicted octanol–water partition coefficient (Wildman–Crippen LogP) is 1.72. The molecule has 0 amide bonds. The van der Waals surface area contributed by atoms with Gasteiger partial charge in [0.2, 0.25) is 10.0 Å². The van der Waals surface area contributed by atoms with Crippen LogP contribution in [-0.2, 0) is 10.0 Å². The first kappa shape index (κ1) is 15.9. The largest absolute Gasteiger partial charge is 0.314 e. The molecule has 0 heterocycles. The van der Waals surface area contributed by atoms with Crippen LogP contribution >= 0.6 is 0 Å². The molecule has 1 aliphatic rings. The van der Waals surface area contributed by atoms with E-state index in [-0.39, 0.29) is 5.75 Å². The second-order valence-corrected chi connectivity index (χ2v) is 7.84. The lowest BCUT2D eigenvalue weighted by Crippen LogP contribution is -2.43. The average Bonchev–Trinajstić information content (AvgIpc) is 2.22. The van der Waals surface area contributed by atoms with Crippen LogP contribution < -0.4 is 10.5 Å². The topological polar surface area (TPSA) is 72.2 Å². The highest BCUT2D eigenvalue weighted by atomic mass is 32.2. The zero-order valence-electron chi connectivity index (χ0n) is 11.9. The third kappa shape index (κ3) is 5.67. The monoisotopic (exact) mass is 276 g/mol. The third-order valence-electron chi connectivity index (χ3n) is 4.03. The fraction of sp³-hybridized carbons (Fsp3) is 1.00. The summed E-state index contributed by atoms with van der Waals surface area (Å²) >= 11 is 0. The minimum atomic E-state index is -3.31. The van der Waals surface area contributed by atoms with E-state index in [1.165, 1.54) is 19.3 Å². The van der Waals surface area contributed by atoms with Gasteiger partial charge >= 0.3 is 0 Å². The molecule has 108 valence electrons. The third-order valence-corrected chi connectivity index (χ3v) is 4.89. The van der Waals surface area contributed by atoms with Gasteiger partial charge in [0.05, 0.1) is 5.75 Å². The maximum Gasteiger partial charge on any atom is 0.209 e. The zero-order chi connectivity index (χ0) is 13.8. The van der Waals surface area contributed by atoms with Crippen molar-refractivity contribution < 1.29 is 8.42 Å². The summed E-state index contributed by atoms with van der Waals surface area (Å²) in [6, 6.07) is 0.536. The maximum atomic E-state index is 10.9. The summed E-state index contributed by atoms with van der Waals surface area (Å²) in [6.07, 6.45) is 4.41. The molecule has 0 bridgehead atoms. The van der Waals surface area contributed by atoms with E-state index in [4.69, 9.17) is 5.14 Å². The van der Waals surface area contributed by atoms with Crippen molar-refractivity contribution in [1.29, 1.82) is 0 Å². The van der Waals surface area contributed by atoms with E-state index < -0.39 is 10.0 Å². The van der Waals surface area contributed by atoms with Crippen LogP contribution in [0.2, 0.25) is 0 Å². The summed E-state index contributed by atoms with van der Waals surface area (Å²) < 4.78 is 21.7. The second kappa shape index (κ2) is 6.87. The lowest BCUT2D eigenvalue weighted by atomic mass is 9.74. The Bertz CT molecular complexity index is 341. The number of nitrogens with one attached hydrogen (secondary N) is 1. The summed E-state index contributed by atoms with van der Waals surface area (Å²) in [6.45, 7) is 7.60. The number of hydrogen-bond acceptors (Lipinski definition) is 3. The highest BCUT2D eigenvalue weighted by molar-refractivity contribution is 7.89. The Morgan fingerprint density at radius 1 is 1.33 bits per heavy atom. The molecule has 3 N–H and O–H groups in total. The molecule has 3 unspecified atom stereocenters. The Morgan fingerprint density at radius 2 is 2.00 bits per heavy atom. The Kier molecular flexibility index (Phi) is 6.08. The minimum Gasteiger partial charge on any atom is -0.314 e. The van der Waals surface area contributed by atoms with Crippen LogP contribution in [0.3, 0.4) is 0 Å². The smallest absolute Gasteiger partial charge is 0.209 e. The first-order valence-electron chi connectivity index (χ1n) is 7.03. The van der Waals surface area contributed by atoms with Gasteiger partial charge < -0.3 is 5.32 Å². The van der Waals surface area contributed by atoms with Gasteiger partial charge in [0.1, 0.15) is 0 Å². The molecule has 0 aromatic heterocycles. The van der Waals surface area contributed by atoms with Gasteiger partial charge in [-0.25, -0.2) is 13.6 Å². The Balaban J connectivity index is 2.37. The van der Waals surface area contributed by atoms with E-state index >= 15 is 0 Å². The molecule has 1 saturated carbocycles. The Hall–Kier alpha value is -0.130. The lowest BCUT2D eigenvalue weighted by molar-refractivity contribution is 0.170. The van der Waals surface area contributed by atoms with Gasteiger partial charge in [-0.3, -0.25) is 0 Å². The zero-order valence-corrected chi connectivity index (χ0v) is 12.7. The van der Waals surface area contributed by atoms with E-state index in [9.17, 15) is 8.42 Å². The van der Waals surface area contributed by atoms with E-state index in [2.05, 4.69) is 26.1 Å². The second-order valence-electron chi connectivity index (χ2n) is 6.11. The van der Waals surface area contributed by atoms with Crippen LogP contribution in [0.25, 0.3) is 0 Å². The molecule has 5 heteroatoms. The SMILES string of the molecule is CC1CCC(C(C)C)C(NCCCS(N)(=O)=O)C1. The number of primary sulfonamides is 1. The number of nitrogens with two attached hydrogens (primary N) is 1. The number of sulfonamides is 1. The molecular formula is C13H28N2O2S. The molecule has 4 nitrogen and oxygen atoms in total. The van der Waals surface area contributed by atoms with Gasteiger partial charge in [0.25, 0.3) is 0 Å². The summed E-state index contributed by atoms with van der Waals surface area (Å²) in [7, 11) is -3.31. The van der Waals surface area contributed by atoms with Gasteiger partial charge in [0, 0.05) is 6.04 Å². The first-order valence-corrected chi connectivity index (χ1v) is 8.75. The molecule has 0 aliphatic heterocycles. The summed E-state index contributed by atoms with van der Waals surface area (Å²) in [5.74, 6) is 2.26. The van der Waals surface area contributed by atoms with Gasteiger partial charge in [0.15, 0.2) is 0 Å². The van der Waals surface area contributed by atoms with Crippen molar-refractivity contribution >= 4 is 10.0 Å². The van der Waals surface area contributed by atoms with Crippen molar-refractivity contribution in [2.24, 2.45) is 22.9 Å². The van der Waals surface area contributed by atoms with Gasteiger partial charge in [-0.15, -0.1) is 0 Å². The van der Waals surface area contributed by atoms with E-state index in [0.29, 0.717) is 18.4 Å². The summed E-state index contributed by atoms with van der Waals surface area (Å²) in [5.41, 5.74) is 0. The Labute approximate surface area is 112 Å². The van der Waals surface area contributed by atoms with Crippen LogP contribution in [0, 0.1) is 17.8 Å². The normalized spacial score (nSPS) is 29.7. The van der Waals surface area contributed by atoms with E-state index in [0.717, 1.165) is 18.4 Å². The summed E-state index contributed by atoms with van der Waals surface area (Å²) in [5, 5.41) is 8.53. The molecule has 18 heavy (non-hydrogen) atoms. The van der Waals surface area contributed by atoms with Crippen molar-refractivity contribution in [3.63, 3.8) is 0 Å². The predicted molar refractivity (Wildman–Crippen MR) is 75.7 cm³/mol. The highest BCUT2D eigenvalue weighted by Gasteiger charge is 2.29. The fourth-order valence-corrected chi connectivity index (χ4v) is 3.54. The van der Waals surface area contributed by atoms with Gasteiger partial charge in [-0.2, -0.15) is 0 Å². The molecule has 1 rings (SSSR count). The molecule has 0 aromatic carbocycles. The highest BCUT2D eigenvalue weighted by Crippen LogP contribution is 2.33. The number of rotatable bonds is 6. The van der Waals surface area contributed by atoms with Crippen LogP contribution in [0.15, 0.2) is 0 Å². The van der Waals surface area contributed by atoms with Crippen LogP contribution in [0.4, 0.5) is 0 Å². The van der Waals surface area contributed by atoms with Crippen LogP contribution in [0.5, 0.6) is 0 Å². The fourth-order valence-electron chi connectivity index (χ4n) is 3.00. The average molecular weight is 276 g/mol. The molecule has 0 radical (unpaired) electrons. The molecule has 3 atom stereocenters. The standard InChI is InChI=1S/C13H28N2O2S/c1-10(2)12-6-5-11(3)9-13(12)15-7-4-8-18(14,16)17/h10-13,15H,4-9H2,1-3H3,(H2,14,16,17). The number of hydrogen-bond donors (Lipinski definition) is 2. The van der Waals surface area contributed by atoms with Crippen LogP contribution in [0.1, 0.15) is 46.5 Å². The van der Waals surface area contributed by atoms with Gasteiger partial charge in [-0.05, 0) is 43.6 Å². The Morgan fingerprint density at radius 3 is 2.56 bits per heavy atom. The molecule has 0 spiro atoms. The van der Waals surface area contributed by atoms with Crippen molar-refractivity contribution in [1.82, 2.24) is 5.32 Å². The van der Waals surface area contributed by atoms with Crippen molar-refractivity contribution in [2.75, 3.05) is 12.3 Å². The van der Waals surface area contributed by atoms with Crippen molar-refractivity contribution in [3.8, 4) is 0 Å². The molecule has 0 saturated heterocycles. The first-order chi connectivity index (χ1) is 8.29. The minimum absolute atomic E-state index is 0.0780. The van der Waals surface area contributed by atoms with Crippen molar-refractivity contribution in [3.05, 3.63) is 0 Å². The van der Waals surface area contributed by atoms with E-state index in [1.807, 2.05) is 0 Å². The molecular weight excluding hydrogens is 248 g/mol. The summed E-state index contributed by atoms with van der Waals surface area (Å²) in [4.78, 5) is 0. The van der Waals surface area contributed by atoms with E-state index in [1.54, 1.807) is 0 Å². The van der Waals surface area contributed by atoms with Crippen molar-refractivity contribution in [2.45, 2.75) is 52.5 Å². The lowest BCUT2D eigenvalue weighted by Gasteiger charge is -2.38.